The van der Waals surface area contributed by atoms with Gasteiger partial charge in [0.05, 0.1) is 18.0 Å². The highest BCUT2D eigenvalue weighted by molar-refractivity contribution is 5.95. The van der Waals surface area contributed by atoms with Crippen molar-refractivity contribution in [3.8, 4) is 5.69 Å². The van der Waals surface area contributed by atoms with Gasteiger partial charge >= 0.3 is 0 Å². The summed E-state index contributed by atoms with van der Waals surface area (Å²) in [6, 6.07) is 7.62. The molecule has 2 heterocycles. The average molecular weight is 299 g/mol. The molecule has 1 aromatic carbocycles. The van der Waals surface area contributed by atoms with Gasteiger partial charge in [-0.1, -0.05) is 6.07 Å². The number of ether oxygens (including phenoxy) is 1. The summed E-state index contributed by atoms with van der Waals surface area (Å²) in [4.78, 5) is 18.7. The average Bonchev–Trinajstić information content (AvgIpc) is 2.98. The lowest BCUT2D eigenvalue weighted by Gasteiger charge is -2.41. The Kier molecular flexibility index (Phi) is 3.74. The monoisotopic (exact) mass is 299 g/mol. The number of morpholine rings is 1. The van der Waals surface area contributed by atoms with Gasteiger partial charge in [-0.15, -0.1) is 0 Å². The van der Waals surface area contributed by atoms with E-state index in [0.717, 1.165) is 5.69 Å². The lowest BCUT2D eigenvalue weighted by Crippen LogP contribution is -2.53. The second kappa shape index (κ2) is 5.57. The molecule has 1 aliphatic rings. The molecule has 0 aliphatic carbocycles. The van der Waals surface area contributed by atoms with E-state index in [4.69, 9.17) is 4.74 Å². The molecule has 3 rings (SSSR count). The molecule has 1 saturated heterocycles. The Morgan fingerprint density at radius 2 is 2.23 bits per heavy atom. The van der Waals surface area contributed by atoms with E-state index in [9.17, 15) is 4.79 Å². The molecule has 0 bridgehead atoms. The minimum atomic E-state index is -0.310. The van der Waals surface area contributed by atoms with Crippen LogP contribution in [-0.4, -0.2) is 45.2 Å². The van der Waals surface area contributed by atoms with E-state index < -0.39 is 0 Å². The van der Waals surface area contributed by atoms with Gasteiger partial charge in [-0.3, -0.25) is 4.79 Å². The molecule has 2 aromatic rings. The van der Waals surface area contributed by atoms with Crippen LogP contribution in [0.1, 0.15) is 31.1 Å². The number of carbonyl (C=O) groups is 1. The molecule has 1 fully saturated rings. The van der Waals surface area contributed by atoms with E-state index in [2.05, 4.69) is 4.98 Å². The first-order valence-corrected chi connectivity index (χ1v) is 7.50. The van der Waals surface area contributed by atoms with Gasteiger partial charge in [0.2, 0.25) is 0 Å². The van der Waals surface area contributed by atoms with Crippen LogP contribution in [0.4, 0.5) is 0 Å². The molecular weight excluding hydrogens is 278 g/mol. The van der Waals surface area contributed by atoms with Crippen molar-refractivity contribution in [2.24, 2.45) is 0 Å². The van der Waals surface area contributed by atoms with E-state index in [1.165, 1.54) is 0 Å². The standard InChI is InChI=1S/C17H21N3O2/c1-13-10-20(11-17(2,3)22-13)16(21)14-5-4-6-15(9-14)19-8-7-18-12-19/h4-9,12-13H,10-11H2,1-3H3/t13-/m1/s1. The van der Waals surface area contributed by atoms with Crippen molar-refractivity contribution < 1.29 is 9.53 Å². The van der Waals surface area contributed by atoms with Crippen molar-refractivity contribution in [3.63, 3.8) is 0 Å². The predicted molar refractivity (Wildman–Crippen MR) is 84.1 cm³/mol. The fraction of sp³-hybridized carbons (Fsp3) is 0.412. The summed E-state index contributed by atoms with van der Waals surface area (Å²) >= 11 is 0. The molecule has 5 heteroatoms. The maximum atomic E-state index is 12.8. The van der Waals surface area contributed by atoms with Crippen LogP contribution >= 0.6 is 0 Å². The van der Waals surface area contributed by atoms with Gasteiger partial charge in [0.1, 0.15) is 0 Å². The van der Waals surface area contributed by atoms with Crippen LogP contribution in [-0.2, 0) is 4.74 Å². The zero-order valence-electron chi connectivity index (χ0n) is 13.2. The number of amides is 1. The van der Waals surface area contributed by atoms with Crippen LogP contribution in [0, 0.1) is 0 Å². The fourth-order valence-electron chi connectivity index (χ4n) is 3.00. The number of rotatable bonds is 2. The SMILES string of the molecule is C[C@@H]1CN(C(=O)c2cccc(-n3ccnc3)c2)CC(C)(C)O1. The summed E-state index contributed by atoms with van der Waals surface area (Å²) in [6.45, 7) is 7.27. The van der Waals surface area contributed by atoms with Crippen molar-refractivity contribution in [2.75, 3.05) is 13.1 Å². The Hall–Kier alpha value is -2.14. The number of benzene rings is 1. The van der Waals surface area contributed by atoms with Gasteiger partial charge in [0.15, 0.2) is 0 Å². The third-order valence-corrected chi connectivity index (χ3v) is 3.75. The molecule has 1 atom stereocenters. The minimum Gasteiger partial charge on any atom is -0.369 e. The summed E-state index contributed by atoms with van der Waals surface area (Å²) in [5, 5.41) is 0. The molecule has 1 amide bonds. The van der Waals surface area contributed by atoms with Gasteiger partial charge in [-0.2, -0.15) is 0 Å². The number of aromatic nitrogens is 2. The van der Waals surface area contributed by atoms with Crippen LogP contribution in [0.15, 0.2) is 43.0 Å². The summed E-state index contributed by atoms with van der Waals surface area (Å²) in [6.07, 6.45) is 5.36. The zero-order chi connectivity index (χ0) is 15.7. The molecule has 1 aromatic heterocycles. The van der Waals surface area contributed by atoms with E-state index in [1.54, 1.807) is 12.5 Å². The second-order valence-corrected chi connectivity index (χ2v) is 6.39. The fourth-order valence-corrected chi connectivity index (χ4v) is 3.00. The van der Waals surface area contributed by atoms with E-state index in [-0.39, 0.29) is 17.6 Å². The van der Waals surface area contributed by atoms with Crippen molar-refractivity contribution >= 4 is 5.91 Å². The van der Waals surface area contributed by atoms with E-state index in [1.807, 2.05) is 60.7 Å². The Morgan fingerprint density at radius 3 is 2.91 bits per heavy atom. The highest BCUT2D eigenvalue weighted by atomic mass is 16.5. The highest BCUT2D eigenvalue weighted by Gasteiger charge is 2.34. The number of imidazole rings is 1. The molecule has 0 spiro atoms. The lowest BCUT2D eigenvalue weighted by atomic mass is 10.0. The molecule has 0 saturated carbocycles. The Balaban J connectivity index is 1.85. The third kappa shape index (κ3) is 3.04. The van der Waals surface area contributed by atoms with Gasteiger partial charge < -0.3 is 14.2 Å². The maximum absolute atomic E-state index is 12.8. The largest absolute Gasteiger partial charge is 0.369 e. The van der Waals surface area contributed by atoms with Gasteiger partial charge in [-0.25, -0.2) is 4.98 Å². The van der Waals surface area contributed by atoms with Gasteiger partial charge in [-0.05, 0) is 39.0 Å². The summed E-state index contributed by atoms with van der Waals surface area (Å²) < 4.78 is 7.76. The summed E-state index contributed by atoms with van der Waals surface area (Å²) in [7, 11) is 0. The molecule has 0 unspecified atom stereocenters. The molecular formula is C17H21N3O2. The molecule has 5 nitrogen and oxygen atoms in total. The van der Waals surface area contributed by atoms with Crippen LogP contribution in [0.3, 0.4) is 0 Å². The Morgan fingerprint density at radius 1 is 1.41 bits per heavy atom. The van der Waals surface area contributed by atoms with Crippen molar-refractivity contribution in [2.45, 2.75) is 32.5 Å². The first-order chi connectivity index (χ1) is 10.4. The highest BCUT2D eigenvalue weighted by Crippen LogP contribution is 2.23. The Bertz CT molecular complexity index is 664. The quantitative estimate of drug-likeness (QED) is 0.856. The molecule has 22 heavy (non-hydrogen) atoms. The minimum absolute atomic E-state index is 0.0459. The summed E-state index contributed by atoms with van der Waals surface area (Å²) in [5.74, 6) is 0.0465. The molecule has 0 N–H and O–H groups in total. The number of carbonyl (C=O) groups excluding carboxylic acids is 1. The Labute approximate surface area is 130 Å². The topological polar surface area (TPSA) is 47.4 Å². The number of nitrogens with zero attached hydrogens (tertiary/aromatic N) is 3. The maximum Gasteiger partial charge on any atom is 0.254 e. The normalized spacial score (nSPS) is 20.9. The van der Waals surface area contributed by atoms with Gasteiger partial charge in [0.25, 0.3) is 5.91 Å². The molecule has 116 valence electrons. The third-order valence-electron chi connectivity index (χ3n) is 3.75. The second-order valence-electron chi connectivity index (χ2n) is 6.39. The smallest absolute Gasteiger partial charge is 0.254 e. The van der Waals surface area contributed by atoms with Crippen molar-refractivity contribution in [1.82, 2.24) is 14.5 Å². The first kappa shape index (κ1) is 14.8. The first-order valence-electron chi connectivity index (χ1n) is 7.50. The van der Waals surface area contributed by atoms with Crippen LogP contribution in [0.25, 0.3) is 5.69 Å². The van der Waals surface area contributed by atoms with E-state index in [0.29, 0.717) is 18.7 Å². The van der Waals surface area contributed by atoms with Crippen molar-refractivity contribution in [1.29, 1.82) is 0 Å². The zero-order valence-corrected chi connectivity index (χ0v) is 13.2. The summed E-state index contributed by atoms with van der Waals surface area (Å²) in [5.41, 5.74) is 1.31. The van der Waals surface area contributed by atoms with Crippen LogP contribution in [0.5, 0.6) is 0 Å². The van der Waals surface area contributed by atoms with Gasteiger partial charge in [0, 0.05) is 36.7 Å². The molecule has 0 radical (unpaired) electrons. The molecule has 1 aliphatic heterocycles. The van der Waals surface area contributed by atoms with Crippen LogP contribution in [0.2, 0.25) is 0 Å². The predicted octanol–water partition coefficient (Wildman–Crippen LogP) is 2.51. The van der Waals surface area contributed by atoms with Crippen molar-refractivity contribution in [3.05, 3.63) is 48.5 Å². The van der Waals surface area contributed by atoms with Crippen LogP contribution < -0.4 is 0 Å². The number of hydrogen-bond donors (Lipinski definition) is 0. The number of hydrogen-bond acceptors (Lipinski definition) is 3. The van der Waals surface area contributed by atoms with E-state index >= 15 is 0 Å². The lowest BCUT2D eigenvalue weighted by molar-refractivity contribution is -0.118.